The lowest BCUT2D eigenvalue weighted by molar-refractivity contribution is 0.125. The van der Waals surface area contributed by atoms with Crippen LogP contribution in [0.15, 0.2) is 0 Å². The van der Waals surface area contributed by atoms with Crippen molar-refractivity contribution in [2.24, 2.45) is 17.3 Å². The van der Waals surface area contributed by atoms with Crippen LogP contribution in [0.25, 0.3) is 0 Å². The lowest BCUT2D eigenvalue weighted by atomic mass is 9.68. The maximum Gasteiger partial charge on any atom is -0.0323 e. The first-order valence-corrected chi connectivity index (χ1v) is 14.5. The standard InChI is InChI=1S/C30H62/c1-7-9-11-13-14-15-16-17-18-19-20-21-22-24-26-29(28(3)4)30(5,6)27-25-23-12-10-8-2/h28-29H,7-27H2,1-6H3. The van der Waals surface area contributed by atoms with Gasteiger partial charge in [0, 0.05) is 0 Å². The van der Waals surface area contributed by atoms with Crippen molar-refractivity contribution in [2.75, 3.05) is 0 Å². The molecule has 0 aliphatic heterocycles. The zero-order chi connectivity index (χ0) is 22.5. The van der Waals surface area contributed by atoms with E-state index in [9.17, 15) is 0 Å². The van der Waals surface area contributed by atoms with E-state index in [1.54, 1.807) is 0 Å². The number of rotatable bonds is 23. The molecule has 0 aliphatic carbocycles. The van der Waals surface area contributed by atoms with Crippen LogP contribution in [0.1, 0.15) is 176 Å². The summed E-state index contributed by atoms with van der Waals surface area (Å²) >= 11 is 0. The summed E-state index contributed by atoms with van der Waals surface area (Å²) < 4.78 is 0. The van der Waals surface area contributed by atoms with Gasteiger partial charge in [-0.05, 0) is 30.1 Å². The molecule has 0 radical (unpaired) electrons. The third kappa shape index (κ3) is 17.7. The van der Waals surface area contributed by atoms with Crippen molar-refractivity contribution in [3.63, 3.8) is 0 Å². The van der Waals surface area contributed by atoms with Gasteiger partial charge in [0.15, 0.2) is 0 Å². The lowest BCUT2D eigenvalue weighted by Gasteiger charge is -2.38. The van der Waals surface area contributed by atoms with Crippen LogP contribution < -0.4 is 0 Å². The van der Waals surface area contributed by atoms with Crippen molar-refractivity contribution in [3.8, 4) is 0 Å². The molecule has 0 heteroatoms. The van der Waals surface area contributed by atoms with E-state index in [0.717, 1.165) is 11.8 Å². The Labute approximate surface area is 193 Å². The van der Waals surface area contributed by atoms with E-state index in [2.05, 4.69) is 41.5 Å². The van der Waals surface area contributed by atoms with E-state index >= 15 is 0 Å². The molecule has 0 N–H and O–H groups in total. The van der Waals surface area contributed by atoms with Crippen LogP contribution in [0.4, 0.5) is 0 Å². The molecule has 0 aromatic heterocycles. The van der Waals surface area contributed by atoms with Gasteiger partial charge in [-0.1, -0.05) is 164 Å². The Balaban J connectivity index is 3.69. The highest BCUT2D eigenvalue weighted by molar-refractivity contribution is 4.80. The van der Waals surface area contributed by atoms with Crippen LogP contribution in [0.2, 0.25) is 0 Å². The predicted molar refractivity (Wildman–Crippen MR) is 140 cm³/mol. The molecule has 0 aromatic rings. The molecule has 0 saturated heterocycles. The Morgan fingerprint density at radius 2 is 0.800 bits per heavy atom. The fourth-order valence-corrected chi connectivity index (χ4v) is 5.55. The molecule has 0 aliphatic rings. The van der Waals surface area contributed by atoms with Gasteiger partial charge in [0.2, 0.25) is 0 Å². The molecular weight excluding hydrogens is 360 g/mol. The normalized spacial score (nSPS) is 13.3. The molecule has 30 heavy (non-hydrogen) atoms. The summed E-state index contributed by atoms with van der Waals surface area (Å²) in [5.41, 5.74) is 0.525. The molecule has 0 heterocycles. The van der Waals surface area contributed by atoms with E-state index < -0.39 is 0 Å². The van der Waals surface area contributed by atoms with Crippen molar-refractivity contribution in [1.29, 1.82) is 0 Å². The van der Waals surface area contributed by atoms with Crippen molar-refractivity contribution in [3.05, 3.63) is 0 Å². The minimum Gasteiger partial charge on any atom is -0.0654 e. The fourth-order valence-electron chi connectivity index (χ4n) is 5.55. The van der Waals surface area contributed by atoms with Crippen LogP contribution in [0.5, 0.6) is 0 Å². The van der Waals surface area contributed by atoms with Gasteiger partial charge in [0.1, 0.15) is 0 Å². The molecule has 1 unspecified atom stereocenters. The van der Waals surface area contributed by atoms with Crippen molar-refractivity contribution < 1.29 is 0 Å². The SMILES string of the molecule is CCCCCCCCCCCCCCCCC(C(C)C)C(C)(C)CCCCCCC. The van der Waals surface area contributed by atoms with Gasteiger partial charge in [-0.2, -0.15) is 0 Å². The van der Waals surface area contributed by atoms with Gasteiger partial charge in [0.05, 0.1) is 0 Å². The van der Waals surface area contributed by atoms with Gasteiger partial charge in [0.25, 0.3) is 0 Å². The van der Waals surface area contributed by atoms with Crippen LogP contribution in [0.3, 0.4) is 0 Å². The average Bonchev–Trinajstić information content (AvgIpc) is 2.70. The Hall–Kier alpha value is 0. The predicted octanol–water partition coefficient (Wildman–Crippen LogP) is 11.5. The molecular formula is C30H62. The number of hydrogen-bond acceptors (Lipinski definition) is 0. The minimum absolute atomic E-state index is 0.525. The van der Waals surface area contributed by atoms with Crippen molar-refractivity contribution >= 4 is 0 Å². The summed E-state index contributed by atoms with van der Waals surface area (Å²) in [7, 11) is 0. The molecule has 0 bridgehead atoms. The van der Waals surface area contributed by atoms with E-state index in [1.165, 1.54) is 135 Å². The second-order valence-corrected chi connectivity index (χ2v) is 11.4. The lowest BCUT2D eigenvalue weighted by Crippen LogP contribution is -2.28. The Morgan fingerprint density at radius 1 is 0.467 bits per heavy atom. The maximum atomic E-state index is 2.56. The van der Waals surface area contributed by atoms with Gasteiger partial charge in [-0.15, -0.1) is 0 Å². The second-order valence-electron chi connectivity index (χ2n) is 11.4. The Kier molecular flexibility index (Phi) is 20.9. The van der Waals surface area contributed by atoms with Crippen LogP contribution in [-0.4, -0.2) is 0 Å². The fraction of sp³-hybridized carbons (Fsp3) is 1.00. The Morgan fingerprint density at radius 3 is 1.17 bits per heavy atom. The summed E-state index contributed by atoms with van der Waals surface area (Å²) in [5, 5.41) is 0. The van der Waals surface area contributed by atoms with E-state index in [4.69, 9.17) is 0 Å². The highest BCUT2D eigenvalue weighted by atomic mass is 14.4. The highest BCUT2D eigenvalue weighted by Crippen LogP contribution is 2.40. The topological polar surface area (TPSA) is 0 Å². The maximum absolute atomic E-state index is 2.56. The molecule has 182 valence electrons. The number of unbranched alkanes of at least 4 members (excludes halogenated alkanes) is 17. The third-order valence-electron chi connectivity index (χ3n) is 7.60. The first-order chi connectivity index (χ1) is 14.5. The number of hydrogen-bond donors (Lipinski definition) is 0. The molecule has 0 spiro atoms. The summed E-state index contributed by atoms with van der Waals surface area (Å²) in [5.74, 6) is 1.73. The third-order valence-corrected chi connectivity index (χ3v) is 7.60. The quantitative estimate of drug-likeness (QED) is 0.144. The minimum atomic E-state index is 0.525. The van der Waals surface area contributed by atoms with E-state index in [-0.39, 0.29) is 0 Å². The molecule has 0 aromatic carbocycles. The van der Waals surface area contributed by atoms with Crippen molar-refractivity contribution in [2.45, 2.75) is 176 Å². The smallest absolute Gasteiger partial charge is 0.0323 e. The molecule has 0 amide bonds. The average molecular weight is 423 g/mol. The van der Waals surface area contributed by atoms with Gasteiger partial charge in [-0.25, -0.2) is 0 Å². The van der Waals surface area contributed by atoms with E-state index in [0.29, 0.717) is 5.41 Å². The van der Waals surface area contributed by atoms with Gasteiger partial charge >= 0.3 is 0 Å². The summed E-state index contributed by atoms with van der Waals surface area (Å²) in [4.78, 5) is 0. The summed E-state index contributed by atoms with van der Waals surface area (Å²) in [6, 6.07) is 0. The Bertz CT molecular complexity index is 327. The molecule has 0 saturated carbocycles. The zero-order valence-corrected chi connectivity index (χ0v) is 22.5. The van der Waals surface area contributed by atoms with Gasteiger partial charge < -0.3 is 0 Å². The zero-order valence-electron chi connectivity index (χ0n) is 22.5. The van der Waals surface area contributed by atoms with Crippen LogP contribution in [0, 0.1) is 17.3 Å². The largest absolute Gasteiger partial charge is 0.0654 e. The molecule has 0 fully saturated rings. The van der Waals surface area contributed by atoms with Crippen LogP contribution in [-0.2, 0) is 0 Å². The summed E-state index contributed by atoms with van der Waals surface area (Å²) in [6.45, 7) is 14.7. The first kappa shape index (κ1) is 30.0. The van der Waals surface area contributed by atoms with Crippen LogP contribution >= 0.6 is 0 Å². The van der Waals surface area contributed by atoms with Gasteiger partial charge in [-0.3, -0.25) is 0 Å². The summed E-state index contributed by atoms with van der Waals surface area (Å²) in [6.07, 6.45) is 30.5. The van der Waals surface area contributed by atoms with Crippen molar-refractivity contribution in [1.82, 2.24) is 0 Å². The molecule has 0 nitrogen and oxygen atoms in total. The molecule has 1 atom stereocenters. The second kappa shape index (κ2) is 20.9. The first-order valence-electron chi connectivity index (χ1n) is 14.5. The monoisotopic (exact) mass is 422 g/mol. The highest BCUT2D eigenvalue weighted by Gasteiger charge is 2.30. The molecule has 0 rings (SSSR count). The van der Waals surface area contributed by atoms with E-state index in [1.807, 2.05) is 0 Å².